The van der Waals surface area contributed by atoms with Crippen LogP contribution in [0.4, 0.5) is 5.13 Å². The van der Waals surface area contributed by atoms with Crippen LogP contribution in [0.15, 0.2) is 0 Å². The van der Waals surface area contributed by atoms with E-state index in [2.05, 4.69) is 38.0 Å². The maximum Gasteiger partial charge on any atom is 0.185 e. The minimum absolute atomic E-state index is 0.532. The number of nitrogens with one attached hydrogen (secondary N) is 1. The molecule has 0 unspecified atom stereocenters. The van der Waals surface area contributed by atoms with Gasteiger partial charge < -0.3 is 10.2 Å². The van der Waals surface area contributed by atoms with Crippen LogP contribution in [0, 0.1) is 5.92 Å². The fourth-order valence-corrected chi connectivity index (χ4v) is 3.19. The van der Waals surface area contributed by atoms with Crippen molar-refractivity contribution in [3.05, 3.63) is 10.6 Å². The summed E-state index contributed by atoms with van der Waals surface area (Å²) in [6.45, 7) is 8.76. The Morgan fingerprint density at radius 1 is 1.42 bits per heavy atom. The molecule has 108 valence electrons. The number of aromatic nitrogens is 1. The van der Waals surface area contributed by atoms with E-state index in [9.17, 15) is 0 Å². The molecule has 1 aromatic heterocycles. The third-order valence-electron chi connectivity index (χ3n) is 3.48. The topological polar surface area (TPSA) is 28.2 Å². The molecule has 2 rings (SSSR count). The molecular weight excluding hydrogens is 254 g/mol. The highest BCUT2D eigenvalue weighted by molar-refractivity contribution is 7.15. The molecule has 0 radical (unpaired) electrons. The standard InChI is InChI=1S/C15H27N3S/c1-5-6-13-14(9-16-11(2)3)19-15(17-13)18(4)10-12-7-8-12/h11-12,16H,5-10H2,1-4H3. The summed E-state index contributed by atoms with van der Waals surface area (Å²) in [5.74, 6) is 0.917. The van der Waals surface area contributed by atoms with Gasteiger partial charge in [-0.1, -0.05) is 27.2 Å². The van der Waals surface area contributed by atoms with Gasteiger partial charge in [-0.25, -0.2) is 4.98 Å². The zero-order valence-corrected chi connectivity index (χ0v) is 13.5. The van der Waals surface area contributed by atoms with Crippen molar-refractivity contribution < 1.29 is 0 Å². The van der Waals surface area contributed by atoms with E-state index in [1.165, 1.54) is 41.5 Å². The van der Waals surface area contributed by atoms with E-state index in [0.717, 1.165) is 18.9 Å². The molecule has 0 saturated heterocycles. The van der Waals surface area contributed by atoms with E-state index in [1.807, 2.05) is 11.3 Å². The second-order valence-electron chi connectivity index (χ2n) is 5.98. The number of aryl methyl sites for hydroxylation is 1. The zero-order valence-electron chi connectivity index (χ0n) is 12.7. The first-order valence-corrected chi connectivity index (χ1v) is 8.34. The molecule has 0 spiro atoms. The van der Waals surface area contributed by atoms with Crippen LogP contribution < -0.4 is 10.2 Å². The fourth-order valence-electron chi connectivity index (χ4n) is 2.17. The molecular formula is C15H27N3S. The highest BCUT2D eigenvalue weighted by Crippen LogP contribution is 2.33. The van der Waals surface area contributed by atoms with E-state index >= 15 is 0 Å². The number of anilines is 1. The Hall–Kier alpha value is -0.610. The monoisotopic (exact) mass is 281 g/mol. The molecule has 4 heteroatoms. The van der Waals surface area contributed by atoms with Gasteiger partial charge in [0.05, 0.1) is 5.69 Å². The molecule has 3 nitrogen and oxygen atoms in total. The Bertz CT molecular complexity index is 396. The Kier molecular flexibility index (Phi) is 5.22. The van der Waals surface area contributed by atoms with E-state index in [-0.39, 0.29) is 0 Å². The average molecular weight is 281 g/mol. The summed E-state index contributed by atoms with van der Waals surface area (Å²) in [6.07, 6.45) is 5.08. The summed E-state index contributed by atoms with van der Waals surface area (Å²) in [5.41, 5.74) is 1.30. The highest BCUT2D eigenvalue weighted by atomic mass is 32.1. The van der Waals surface area contributed by atoms with E-state index in [0.29, 0.717) is 6.04 Å². The Morgan fingerprint density at radius 2 is 2.16 bits per heavy atom. The molecule has 0 amide bonds. The van der Waals surface area contributed by atoms with Gasteiger partial charge in [-0.15, -0.1) is 11.3 Å². The molecule has 0 bridgehead atoms. The SMILES string of the molecule is CCCc1nc(N(C)CC2CC2)sc1CNC(C)C. The second kappa shape index (κ2) is 6.71. The summed E-state index contributed by atoms with van der Waals surface area (Å²) in [6, 6.07) is 0.532. The van der Waals surface area contributed by atoms with Crippen LogP contribution in [0.1, 0.15) is 50.6 Å². The van der Waals surface area contributed by atoms with Crippen molar-refractivity contribution in [1.29, 1.82) is 0 Å². The molecule has 0 aliphatic heterocycles. The lowest BCUT2D eigenvalue weighted by atomic mass is 10.2. The van der Waals surface area contributed by atoms with E-state index in [1.54, 1.807) is 0 Å². The van der Waals surface area contributed by atoms with Gasteiger partial charge >= 0.3 is 0 Å². The molecule has 0 atom stereocenters. The molecule has 1 aliphatic carbocycles. The highest BCUT2D eigenvalue weighted by Gasteiger charge is 2.24. The first-order chi connectivity index (χ1) is 9.10. The van der Waals surface area contributed by atoms with Crippen molar-refractivity contribution in [1.82, 2.24) is 10.3 Å². The smallest absolute Gasteiger partial charge is 0.185 e. The number of hydrogen-bond acceptors (Lipinski definition) is 4. The van der Waals surface area contributed by atoms with Crippen LogP contribution in [-0.4, -0.2) is 24.6 Å². The molecule has 1 heterocycles. The number of thiazole rings is 1. The van der Waals surface area contributed by atoms with Gasteiger partial charge in [0.15, 0.2) is 5.13 Å². The van der Waals surface area contributed by atoms with E-state index < -0.39 is 0 Å². The van der Waals surface area contributed by atoms with Crippen LogP contribution in [0.3, 0.4) is 0 Å². The van der Waals surface area contributed by atoms with Crippen molar-refractivity contribution in [2.45, 2.75) is 59.0 Å². The van der Waals surface area contributed by atoms with Gasteiger partial charge in [0.25, 0.3) is 0 Å². The summed E-state index contributed by atoms with van der Waals surface area (Å²) in [7, 11) is 2.19. The maximum absolute atomic E-state index is 4.86. The molecule has 1 aromatic rings. The lowest BCUT2D eigenvalue weighted by molar-refractivity contribution is 0.589. The molecule has 19 heavy (non-hydrogen) atoms. The van der Waals surface area contributed by atoms with Gasteiger partial charge in [-0.3, -0.25) is 0 Å². The number of nitrogens with zero attached hydrogens (tertiary/aromatic N) is 2. The van der Waals surface area contributed by atoms with Crippen molar-refractivity contribution >= 4 is 16.5 Å². The molecule has 1 N–H and O–H groups in total. The predicted molar refractivity (Wildman–Crippen MR) is 84.1 cm³/mol. The van der Waals surface area contributed by atoms with Crippen LogP contribution in [0.5, 0.6) is 0 Å². The van der Waals surface area contributed by atoms with Gasteiger partial charge in [0.1, 0.15) is 0 Å². The van der Waals surface area contributed by atoms with Crippen LogP contribution in [-0.2, 0) is 13.0 Å². The van der Waals surface area contributed by atoms with Crippen molar-refractivity contribution in [2.75, 3.05) is 18.5 Å². The van der Waals surface area contributed by atoms with Crippen LogP contribution >= 0.6 is 11.3 Å². The van der Waals surface area contributed by atoms with Crippen LogP contribution in [0.25, 0.3) is 0 Å². The normalized spacial score (nSPS) is 15.2. The van der Waals surface area contributed by atoms with Crippen molar-refractivity contribution in [3.63, 3.8) is 0 Å². The third kappa shape index (κ3) is 4.46. The van der Waals surface area contributed by atoms with Crippen molar-refractivity contribution in [2.24, 2.45) is 5.92 Å². The first kappa shape index (κ1) is 14.8. The summed E-state index contributed by atoms with van der Waals surface area (Å²) >= 11 is 1.87. The van der Waals surface area contributed by atoms with E-state index in [4.69, 9.17) is 4.98 Å². The lowest BCUT2D eigenvalue weighted by Crippen LogP contribution is -2.21. The maximum atomic E-state index is 4.86. The quantitative estimate of drug-likeness (QED) is 0.791. The van der Waals surface area contributed by atoms with Gasteiger partial charge in [0.2, 0.25) is 0 Å². The molecule has 1 fully saturated rings. The van der Waals surface area contributed by atoms with Crippen LogP contribution in [0.2, 0.25) is 0 Å². The van der Waals surface area contributed by atoms with Gasteiger partial charge in [-0.05, 0) is 25.2 Å². The van der Waals surface area contributed by atoms with Crippen molar-refractivity contribution in [3.8, 4) is 0 Å². The minimum Gasteiger partial charge on any atom is -0.351 e. The first-order valence-electron chi connectivity index (χ1n) is 7.53. The average Bonchev–Trinajstić information content (AvgIpc) is 3.06. The van der Waals surface area contributed by atoms with Gasteiger partial charge in [0, 0.05) is 31.1 Å². The lowest BCUT2D eigenvalue weighted by Gasteiger charge is -2.14. The third-order valence-corrected chi connectivity index (χ3v) is 4.69. The number of hydrogen-bond donors (Lipinski definition) is 1. The Labute approximate surface area is 121 Å². The summed E-state index contributed by atoms with van der Waals surface area (Å²) < 4.78 is 0. The fraction of sp³-hybridized carbons (Fsp3) is 0.800. The summed E-state index contributed by atoms with van der Waals surface area (Å²) in [4.78, 5) is 8.63. The number of rotatable bonds is 8. The second-order valence-corrected chi connectivity index (χ2v) is 7.04. The molecule has 1 saturated carbocycles. The zero-order chi connectivity index (χ0) is 13.8. The Balaban J connectivity index is 2.03. The Morgan fingerprint density at radius 3 is 2.74 bits per heavy atom. The predicted octanol–water partition coefficient (Wildman–Crippen LogP) is 3.44. The summed E-state index contributed by atoms with van der Waals surface area (Å²) in [5, 5.41) is 4.72. The van der Waals surface area contributed by atoms with Gasteiger partial charge in [-0.2, -0.15) is 0 Å². The largest absolute Gasteiger partial charge is 0.351 e. The minimum atomic E-state index is 0.532. The molecule has 1 aliphatic rings. The molecule has 0 aromatic carbocycles.